The van der Waals surface area contributed by atoms with Crippen LogP contribution < -0.4 is 29.4 Å². The van der Waals surface area contributed by atoms with Crippen molar-refractivity contribution in [2.45, 2.75) is 177 Å². The summed E-state index contributed by atoms with van der Waals surface area (Å²) in [7, 11) is -1.78. The SMILES string of the molecule is COC(=O)/C=C/c1ccc(C2c3ccc(O)cc3C[C@@H](C)N2c2ccc(C3CC3)cc2)cc1.COC(=O)/C=C/c1ccc(C2c3ccc(OS(=O)(=O)C(F)(F)F)cc3C[C@@H](C)N2c2ccc(C3CC3)cc2)cc1.COC(=O)/C=C/c1ccc(C=O)cc1.C[C@H](Cc1cccc(O)c1)Nc1ccc(C2CC2)cc1.C[C@H](Cc1cccc(OCc2ccccc2)c1)Nc1ccc(C2CC2)cc1.Cl. The van der Waals surface area contributed by atoms with Crippen LogP contribution in [0.1, 0.15) is 214 Å². The van der Waals surface area contributed by atoms with E-state index in [1.54, 1.807) is 60.7 Å². The Kier molecular flexibility index (Phi) is 33.9. The van der Waals surface area contributed by atoms with Gasteiger partial charge in [-0.1, -0.05) is 188 Å². The lowest BCUT2D eigenvalue weighted by atomic mass is 9.84. The minimum Gasteiger partial charge on any atom is -0.508 e. The Labute approximate surface area is 796 Å². The smallest absolute Gasteiger partial charge is 0.508 e. The molecule has 12 aromatic carbocycles. The lowest BCUT2D eigenvalue weighted by Gasteiger charge is -2.44. The Morgan fingerprint density at radius 2 is 0.785 bits per heavy atom. The van der Waals surface area contributed by atoms with Gasteiger partial charge >= 0.3 is 33.5 Å². The highest BCUT2D eigenvalue weighted by atomic mass is 35.5. The molecule has 0 radical (unpaired) electrons. The number of anilines is 4. The van der Waals surface area contributed by atoms with E-state index >= 15 is 0 Å². The van der Waals surface area contributed by atoms with Crippen LogP contribution in [-0.2, 0) is 71.0 Å². The number of hydrogen-bond acceptors (Lipinski definition) is 17. The highest BCUT2D eigenvalue weighted by Crippen LogP contribution is 2.48. The number of phenols is 2. The predicted molar refractivity (Wildman–Crippen MR) is 533 cm³/mol. The van der Waals surface area contributed by atoms with Gasteiger partial charge in [-0.3, -0.25) is 4.79 Å². The summed E-state index contributed by atoms with van der Waals surface area (Å²) in [6, 6.07) is 95.0. The molecule has 0 amide bonds. The van der Waals surface area contributed by atoms with E-state index in [1.807, 2.05) is 91.9 Å². The maximum absolute atomic E-state index is 12.9. The van der Waals surface area contributed by atoms with E-state index in [1.165, 1.54) is 170 Å². The molecular weight excluding hydrogens is 1750 g/mol. The van der Waals surface area contributed by atoms with Crippen LogP contribution in [0.2, 0.25) is 0 Å². The quantitative estimate of drug-likeness (QED) is 0.00894. The van der Waals surface area contributed by atoms with Crippen molar-refractivity contribution in [1.82, 2.24) is 0 Å². The average Bonchev–Trinajstić information content (AvgIpc) is 1.43. The number of halogens is 4. The average molecular weight is 1860 g/mol. The van der Waals surface area contributed by atoms with Crippen LogP contribution in [-0.4, -0.2) is 93.8 Å². The topological polar surface area (TPSA) is 220 Å². The summed E-state index contributed by atoms with van der Waals surface area (Å²) in [5, 5.41) is 26.7. The zero-order chi connectivity index (χ0) is 94.4. The number of ether oxygens (including phenoxy) is 4. The molecule has 2 aliphatic heterocycles. The number of nitrogens with one attached hydrogen (secondary N) is 2. The van der Waals surface area contributed by atoms with Crippen LogP contribution in [0.4, 0.5) is 35.9 Å². The molecule has 700 valence electrons. The van der Waals surface area contributed by atoms with E-state index in [9.17, 15) is 51.0 Å². The van der Waals surface area contributed by atoms with Crippen LogP contribution in [0.15, 0.2) is 303 Å². The van der Waals surface area contributed by atoms with Gasteiger partial charge in [0.15, 0.2) is 0 Å². The normalized spacial score (nSPS) is 16.9. The zero-order valence-electron chi connectivity index (χ0n) is 76.9. The number of methoxy groups -OCH3 is 3. The highest BCUT2D eigenvalue weighted by Gasteiger charge is 2.49. The summed E-state index contributed by atoms with van der Waals surface area (Å²) in [5.74, 6) is 2.94. The first-order chi connectivity index (χ1) is 64.7. The maximum Gasteiger partial charge on any atom is 0.534 e. The fourth-order valence-electron chi connectivity index (χ4n) is 17.1. The summed E-state index contributed by atoms with van der Waals surface area (Å²) in [6.07, 6.45) is 23.5. The maximum atomic E-state index is 12.9. The molecule has 0 aromatic heterocycles. The number of esters is 3. The number of phenolic OH excluding ortho intramolecular Hbond substituents is 2. The standard InChI is InChI=1S/C30H28F3NO5S.C29H29NO3.C25H27NO.C18H21NO.C11H10O3.ClH/c1-19-17-24-18-26(39-40(36,37)30(31,32)33)14-15-27(24)29(23-6-3-20(4-7-23)5-16-28(35)38-2)34(19)25-12-10-22(11-13-25)21-8-9-21;1-19-17-24-18-26(31)14-15-27(24)29(23-6-3-20(4-7-23)5-16-28(32)33-2)30(19)25-12-10-22(11-13-25)21-8-9-21;1-19(26-24-14-12-23(13-15-24)22-10-11-22)16-21-8-5-9-25(17-21)27-18-20-6-3-2-4-7-20;1-13(11-14-3-2-4-18(20)12-14)19-17-9-7-16(8-10-17)15-5-6-15;1-14-11(13)7-6-9-2-4-10(8-12)5-3-9;/h3-7,10-16,18-19,21,29H,8-9,17H2,1-2H3;3-7,10-16,18-19,21,29,31H,8-9,17H2,1-2H3;2-9,12-15,17,19,22,26H,10-11,16,18H2,1H3;2-4,7-10,12-13,15,19-20H,5-6,11H2,1H3;2-8H,1H3;1H/b2*16-5+;;;7-6+;/t2*19-,29?;19-;13-;;/m1111../s1. The minimum atomic E-state index is -5.78. The molecule has 2 unspecified atom stereocenters. The third-order valence-corrected chi connectivity index (χ3v) is 25.6. The van der Waals surface area contributed by atoms with E-state index in [4.69, 9.17) is 4.74 Å². The van der Waals surface area contributed by atoms with Crippen molar-refractivity contribution in [1.29, 1.82) is 0 Å². The van der Waals surface area contributed by atoms with Crippen molar-refractivity contribution >= 4 is 87.7 Å². The summed E-state index contributed by atoms with van der Waals surface area (Å²) >= 11 is 0. The van der Waals surface area contributed by atoms with Crippen molar-refractivity contribution in [3.63, 3.8) is 0 Å². The molecule has 18 rings (SSSR count). The molecule has 17 nitrogen and oxygen atoms in total. The van der Waals surface area contributed by atoms with Crippen LogP contribution in [0.3, 0.4) is 0 Å². The van der Waals surface area contributed by atoms with Crippen LogP contribution in [0.5, 0.6) is 23.0 Å². The molecule has 4 saturated carbocycles. The van der Waals surface area contributed by atoms with Gasteiger partial charge in [0, 0.05) is 70.7 Å². The number of aldehydes is 1. The summed E-state index contributed by atoms with van der Waals surface area (Å²) in [6.45, 7) is 9.27. The highest BCUT2D eigenvalue weighted by molar-refractivity contribution is 7.88. The fraction of sp³-hybridized carbons (Fsp3) is 0.274. The van der Waals surface area contributed by atoms with Gasteiger partial charge in [0.2, 0.25) is 0 Å². The molecule has 0 spiro atoms. The van der Waals surface area contributed by atoms with Gasteiger partial charge in [0.1, 0.15) is 35.9 Å². The number of rotatable bonds is 28. The zero-order valence-corrected chi connectivity index (χ0v) is 78.5. The van der Waals surface area contributed by atoms with E-state index in [-0.39, 0.29) is 48.3 Å². The molecule has 6 aliphatic rings. The van der Waals surface area contributed by atoms with Crippen molar-refractivity contribution in [3.8, 4) is 23.0 Å². The fourth-order valence-corrected chi connectivity index (χ4v) is 17.6. The molecule has 2 heterocycles. The molecule has 12 aromatic rings. The van der Waals surface area contributed by atoms with E-state index in [0.29, 0.717) is 53.7 Å². The third-order valence-electron chi connectivity index (χ3n) is 24.6. The number of aromatic hydroxyl groups is 2. The van der Waals surface area contributed by atoms with Gasteiger partial charge in [0.25, 0.3) is 0 Å². The lowest BCUT2D eigenvalue weighted by Crippen LogP contribution is -2.43. The van der Waals surface area contributed by atoms with Gasteiger partial charge in [-0.05, 0) is 333 Å². The molecule has 4 fully saturated rings. The second kappa shape index (κ2) is 46.3. The number of alkyl halides is 3. The van der Waals surface area contributed by atoms with Crippen LogP contribution in [0, 0.1) is 0 Å². The van der Waals surface area contributed by atoms with Gasteiger partial charge in [0.05, 0.1) is 33.4 Å². The molecule has 22 heteroatoms. The van der Waals surface area contributed by atoms with E-state index < -0.39 is 27.6 Å². The first-order valence-electron chi connectivity index (χ1n) is 45.7. The summed E-state index contributed by atoms with van der Waals surface area (Å²) in [5.41, 5.74) is 17.6. The number of nitrogens with zero attached hydrogens (tertiary/aromatic N) is 2. The first-order valence-corrected chi connectivity index (χ1v) is 47.2. The lowest BCUT2D eigenvalue weighted by molar-refractivity contribution is -0.135. The van der Waals surface area contributed by atoms with Gasteiger partial charge in [-0.15, -0.1) is 12.4 Å². The second-order valence-electron chi connectivity index (χ2n) is 35.3. The van der Waals surface area contributed by atoms with Crippen LogP contribution in [0.25, 0.3) is 18.2 Å². The third kappa shape index (κ3) is 28.2. The first kappa shape index (κ1) is 98.9. The number of fused-ring (bicyclic) bond motifs is 2. The molecular formula is C113H116ClF3N4O13S. The summed E-state index contributed by atoms with van der Waals surface area (Å²) < 4.78 is 86.2. The van der Waals surface area contributed by atoms with Gasteiger partial charge in [-0.25, -0.2) is 14.4 Å². The van der Waals surface area contributed by atoms with Crippen molar-refractivity contribution in [3.05, 3.63) is 398 Å². The molecule has 4 N–H and O–H groups in total. The van der Waals surface area contributed by atoms with E-state index in [0.717, 1.165) is 88.1 Å². The molecule has 0 saturated heterocycles. The monoisotopic (exact) mass is 1860 g/mol. The van der Waals surface area contributed by atoms with Crippen molar-refractivity contribution < 1.29 is 74.1 Å². The molecule has 0 bridgehead atoms. The molecule has 6 atom stereocenters. The number of carbonyl (C=O) groups is 4. The Morgan fingerprint density at radius 1 is 0.422 bits per heavy atom. The Morgan fingerprint density at radius 3 is 1.19 bits per heavy atom. The largest absolute Gasteiger partial charge is 0.534 e. The van der Waals surface area contributed by atoms with Crippen LogP contribution >= 0.6 is 12.4 Å². The predicted octanol–water partition coefficient (Wildman–Crippen LogP) is 25.1. The Bertz CT molecular complexity index is 6170. The number of benzene rings is 12. The van der Waals surface area contributed by atoms with Gasteiger partial charge < -0.3 is 53.8 Å². The van der Waals surface area contributed by atoms with Crippen molar-refractivity contribution in [2.24, 2.45) is 0 Å². The summed E-state index contributed by atoms with van der Waals surface area (Å²) in [4.78, 5) is 48.8. The van der Waals surface area contributed by atoms with Crippen molar-refractivity contribution in [2.75, 3.05) is 41.8 Å². The Balaban J connectivity index is 0.000000148. The Hall–Kier alpha value is -13.6. The molecule has 4 aliphatic carbocycles. The van der Waals surface area contributed by atoms with E-state index in [2.05, 4.69) is 205 Å². The second-order valence-corrected chi connectivity index (χ2v) is 36.8. The van der Waals surface area contributed by atoms with Gasteiger partial charge in [-0.2, -0.15) is 21.6 Å². The number of hydrogen-bond donors (Lipinski definition) is 4. The number of carbonyl (C=O) groups excluding carboxylic acids is 4. The molecule has 135 heavy (non-hydrogen) atoms. The minimum absolute atomic E-state index is 0.